The number of hydroxylamine groups is 1. The summed E-state index contributed by atoms with van der Waals surface area (Å²) in [5.41, 5.74) is 1.68. The molecule has 0 saturated heterocycles. The Balaban J connectivity index is 1.61. The first-order valence-corrected chi connectivity index (χ1v) is 8.38. The van der Waals surface area contributed by atoms with Crippen LogP contribution in [0.25, 0.3) is 0 Å². The van der Waals surface area contributed by atoms with Gasteiger partial charge < -0.3 is 5.32 Å². The first kappa shape index (κ1) is 18.9. The number of amidine groups is 1. The minimum absolute atomic E-state index is 0.0642. The van der Waals surface area contributed by atoms with Crippen LogP contribution in [0.4, 0.5) is 10.1 Å². The van der Waals surface area contributed by atoms with Crippen LogP contribution in [0.2, 0.25) is 5.02 Å². The van der Waals surface area contributed by atoms with Crippen molar-refractivity contribution in [3.8, 4) is 0 Å². The molecule has 0 unspecified atom stereocenters. The number of anilines is 1. The summed E-state index contributed by atoms with van der Waals surface area (Å²) in [6, 6.07) is 7.44. The molecule has 2 heterocycles. The van der Waals surface area contributed by atoms with E-state index in [4.69, 9.17) is 21.6 Å². The van der Waals surface area contributed by atoms with Crippen LogP contribution in [0.15, 0.2) is 47.4 Å². The minimum Gasteiger partial charge on any atom is -0.311 e. The lowest BCUT2D eigenvalue weighted by atomic mass is 10.2. The molecule has 0 fully saturated rings. The Hall–Kier alpha value is -2.88. The molecule has 0 atom stereocenters. The van der Waals surface area contributed by atoms with Crippen LogP contribution in [-0.2, 0) is 13.0 Å². The van der Waals surface area contributed by atoms with Crippen LogP contribution < -0.4 is 10.4 Å². The summed E-state index contributed by atoms with van der Waals surface area (Å²) in [6.07, 6.45) is 4.25. The third-order valence-electron chi connectivity index (χ3n) is 3.77. The number of rotatable bonds is 7. The number of aromatic nitrogens is 3. The number of hydrogen-bond donors (Lipinski definition) is 3. The molecule has 8 nitrogen and oxygen atoms in total. The third kappa shape index (κ3) is 4.64. The Kier molecular flexibility index (Phi) is 6.07. The van der Waals surface area contributed by atoms with Gasteiger partial charge in [0.2, 0.25) is 0 Å². The van der Waals surface area contributed by atoms with Gasteiger partial charge in [0.25, 0.3) is 0 Å². The van der Waals surface area contributed by atoms with Gasteiger partial charge in [-0.2, -0.15) is 0 Å². The van der Waals surface area contributed by atoms with E-state index in [1.165, 1.54) is 12.1 Å². The molecule has 3 N–H and O–H groups in total. The molecule has 3 aromatic rings. The second kappa shape index (κ2) is 8.67. The van der Waals surface area contributed by atoms with Gasteiger partial charge >= 0.3 is 0 Å². The summed E-state index contributed by atoms with van der Waals surface area (Å²) in [6.45, 7) is 0.963. The standard InChI is InChI=1S/C17H16ClFN6O2/c18-13-9-12(1-2-14(13)19)25(26)17(20)16-15(23-27-24-16)10-22-8-5-11-3-6-21-7-4-11/h1-4,6-7,9,20,22,26H,5,8,10H2. The fourth-order valence-electron chi connectivity index (χ4n) is 2.34. The zero-order chi connectivity index (χ0) is 19.2. The van der Waals surface area contributed by atoms with E-state index in [-0.39, 0.29) is 22.2 Å². The molecule has 0 aliphatic rings. The molecule has 0 bridgehead atoms. The Morgan fingerprint density at radius 1 is 1.26 bits per heavy atom. The molecule has 10 heteroatoms. The van der Waals surface area contributed by atoms with Crippen LogP contribution in [-0.4, -0.2) is 32.9 Å². The van der Waals surface area contributed by atoms with Gasteiger partial charge in [-0.1, -0.05) is 16.8 Å². The maximum absolute atomic E-state index is 13.3. The Labute approximate surface area is 159 Å². The van der Waals surface area contributed by atoms with E-state index in [0.717, 1.165) is 18.1 Å². The Bertz CT molecular complexity index is 921. The largest absolute Gasteiger partial charge is 0.311 e. The number of pyridine rings is 1. The second-order valence-electron chi connectivity index (χ2n) is 5.60. The molecule has 0 aliphatic carbocycles. The Morgan fingerprint density at radius 3 is 2.78 bits per heavy atom. The topological polar surface area (TPSA) is 111 Å². The number of halogens is 2. The lowest BCUT2D eigenvalue weighted by Crippen LogP contribution is -2.29. The number of benzene rings is 1. The highest BCUT2D eigenvalue weighted by atomic mass is 35.5. The van der Waals surface area contributed by atoms with Gasteiger partial charge in [-0.15, -0.1) is 0 Å². The van der Waals surface area contributed by atoms with Gasteiger partial charge in [-0.25, -0.2) is 14.1 Å². The van der Waals surface area contributed by atoms with Crippen LogP contribution in [0.1, 0.15) is 17.0 Å². The zero-order valence-corrected chi connectivity index (χ0v) is 14.8. The minimum atomic E-state index is -0.623. The van der Waals surface area contributed by atoms with E-state index in [1.807, 2.05) is 12.1 Å². The lowest BCUT2D eigenvalue weighted by Gasteiger charge is -2.16. The van der Waals surface area contributed by atoms with Crippen molar-refractivity contribution < 1.29 is 14.2 Å². The van der Waals surface area contributed by atoms with E-state index < -0.39 is 5.82 Å². The zero-order valence-electron chi connectivity index (χ0n) is 14.1. The monoisotopic (exact) mass is 390 g/mol. The average Bonchev–Trinajstić information content (AvgIpc) is 3.15. The first-order chi connectivity index (χ1) is 13.1. The van der Waals surface area contributed by atoms with Crippen molar-refractivity contribution in [3.05, 3.63) is 70.5 Å². The van der Waals surface area contributed by atoms with Crippen molar-refractivity contribution >= 4 is 23.1 Å². The van der Waals surface area contributed by atoms with Crippen LogP contribution in [0.5, 0.6) is 0 Å². The highest BCUT2D eigenvalue weighted by Gasteiger charge is 2.21. The van der Waals surface area contributed by atoms with Crippen molar-refractivity contribution in [1.29, 1.82) is 5.41 Å². The number of hydrogen-bond acceptors (Lipinski definition) is 7. The highest BCUT2D eigenvalue weighted by molar-refractivity contribution is 6.31. The molecule has 0 radical (unpaired) electrons. The van der Waals surface area contributed by atoms with Crippen LogP contribution in [0, 0.1) is 11.2 Å². The number of nitrogens with one attached hydrogen (secondary N) is 2. The van der Waals surface area contributed by atoms with Gasteiger partial charge in [0, 0.05) is 18.9 Å². The SMILES string of the molecule is N=C(c1nonc1CNCCc1ccncc1)N(O)c1ccc(F)c(Cl)c1. The first-order valence-electron chi connectivity index (χ1n) is 8.00. The van der Waals surface area contributed by atoms with Gasteiger partial charge in [0.1, 0.15) is 11.5 Å². The molecule has 0 saturated carbocycles. The van der Waals surface area contributed by atoms with Gasteiger partial charge in [0.05, 0.1) is 10.7 Å². The third-order valence-corrected chi connectivity index (χ3v) is 4.06. The van der Waals surface area contributed by atoms with Crippen LogP contribution >= 0.6 is 11.6 Å². The molecule has 3 rings (SSSR count). The molecule has 1 aromatic carbocycles. The van der Waals surface area contributed by atoms with Gasteiger partial charge in [-0.05, 0) is 54.0 Å². The molecule has 0 spiro atoms. The summed E-state index contributed by atoms with van der Waals surface area (Å²) in [4.78, 5) is 3.96. The average molecular weight is 391 g/mol. The van der Waals surface area contributed by atoms with E-state index in [1.54, 1.807) is 12.4 Å². The summed E-state index contributed by atoms with van der Waals surface area (Å²) >= 11 is 5.71. The van der Waals surface area contributed by atoms with Crippen molar-refractivity contribution in [3.63, 3.8) is 0 Å². The van der Waals surface area contributed by atoms with Crippen molar-refractivity contribution in [2.24, 2.45) is 0 Å². The predicted molar refractivity (Wildman–Crippen MR) is 96.4 cm³/mol. The van der Waals surface area contributed by atoms with E-state index in [0.29, 0.717) is 23.8 Å². The molecule has 27 heavy (non-hydrogen) atoms. The summed E-state index contributed by atoms with van der Waals surface area (Å²) in [5.74, 6) is -0.993. The fourth-order valence-corrected chi connectivity index (χ4v) is 2.51. The molecule has 140 valence electrons. The van der Waals surface area contributed by atoms with Gasteiger partial charge in [-0.3, -0.25) is 15.6 Å². The van der Waals surface area contributed by atoms with Crippen molar-refractivity contribution in [2.75, 3.05) is 11.6 Å². The quantitative estimate of drug-likeness (QED) is 0.246. The number of nitrogens with zero attached hydrogens (tertiary/aromatic N) is 4. The Morgan fingerprint density at radius 2 is 2.04 bits per heavy atom. The normalized spacial score (nSPS) is 10.8. The fraction of sp³-hybridized carbons (Fsp3) is 0.176. The molecule has 2 aromatic heterocycles. The second-order valence-corrected chi connectivity index (χ2v) is 6.01. The maximum atomic E-state index is 13.3. The smallest absolute Gasteiger partial charge is 0.182 e. The summed E-state index contributed by atoms with van der Waals surface area (Å²) < 4.78 is 18.0. The maximum Gasteiger partial charge on any atom is 0.182 e. The molecular formula is C17H16ClFN6O2. The van der Waals surface area contributed by atoms with E-state index in [9.17, 15) is 9.60 Å². The summed E-state index contributed by atoms with van der Waals surface area (Å²) in [5, 5.41) is 29.3. The molecular weight excluding hydrogens is 375 g/mol. The lowest BCUT2D eigenvalue weighted by molar-refractivity contribution is 0.297. The van der Waals surface area contributed by atoms with Crippen molar-refractivity contribution in [2.45, 2.75) is 13.0 Å². The molecule has 0 amide bonds. The summed E-state index contributed by atoms with van der Waals surface area (Å²) in [7, 11) is 0. The molecule has 0 aliphatic heterocycles. The van der Waals surface area contributed by atoms with E-state index >= 15 is 0 Å². The highest BCUT2D eigenvalue weighted by Crippen LogP contribution is 2.23. The van der Waals surface area contributed by atoms with Crippen LogP contribution in [0.3, 0.4) is 0 Å². The van der Waals surface area contributed by atoms with Gasteiger partial charge in [0.15, 0.2) is 11.5 Å². The van der Waals surface area contributed by atoms with Crippen molar-refractivity contribution in [1.82, 2.24) is 20.6 Å². The van der Waals surface area contributed by atoms with E-state index in [2.05, 4.69) is 20.6 Å². The predicted octanol–water partition coefficient (Wildman–Crippen LogP) is 2.81.